The first kappa shape index (κ1) is 17.8. The fraction of sp³-hybridized carbons (Fsp3) is 0.250. The third-order valence-corrected chi connectivity index (χ3v) is 4.37. The summed E-state index contributed by atoms with van der Waals surface area (Å²) in [6, 6.07) is 11.4. The first-order chi connectivity index (χ1) is 13.6. The van der Waals surface area contributed by atoms with Gasteiger partial charge in [0.2, 0.25) is 0 Å². The van der Waals surface area contributed by atoms with Crippen molar-refractivity contribution in [1.82, 2.24) is 24.9 Å². The smallest absolute Gasteiger partial charge is 0.339 e. The summed E-state index contributed by atoms with van der Waals surface area (Å²) < 4.78 is 12.4. The molecule has 8 heteroatoms. The molecule has 0 aliphatic carbocycles. The number of esters is 1. The Kier molecular flexibility index (Phi) is 4.60. The first-order valence-corrected chi connectivity index (χ1v) is 9.00. The molecule has 0 saturated heterocycles. The molecule has 0 spiro atoms. The van der Waals surface area contributed by atoms with Crippen molar-refractivity contribution in [2.45, 2.75) is 33.4 Å². The van der Waals surface area contributed by atoms with Crippen molar-refractivity contribution in [1.29, 1.82) is 0 Å². The third kappa shape index (κ3) is 3.24. The minimum absolute atomic E-state index is 0.253. The number of carbonyl (C=O) groups excluding carboxylic acids is 1. The lowest BCUT2D eigenvalue weighted by molar-refractivity contribution is 0.0267. The molecular formula is C20H19N5O3. The molecule has 3 heterocycles. The van der Waals surface area contributed by atoms with Gasteiger partial charge in [-0.05, 0) is 26.8 Å². The van der Waals surface area contributed by atoms with E-state index in [9.17, 15) is 4.79 Å². The molecule has 0 fully saturated rings. The van der Waals surface area contributed by atoms with Gasteiger partial charge >= 0.3 is 5.97 Å². The van der Waals surface area contributed by atoms with Crippen LogP contribution in [-0.2, 0) is 11.3 Å². The van der Waals surface area contributed by atoms with Crippen LogP contribution < -0.4 is 0 Å². The zero-order chi connectivity index (χ0) is 19.7. The van der Waals surface area contributed by atoms with Gasteiger partial charge in [-0.2, -0.15) is 10.1 Å². The predicted octanol–water partition coefficient (Wildman–Crippen LogP) is 3.73. The van der Waals surface area contributed by atoms with Crippen molar-refractivity contribution in [2.75, 3.05) is 0 Å². The molecule has 1 unspecified atom stereocenters. The monoisotopic (exact) mass is 377 g/mol. The lowest BCUT2D eigenvalue weighted by atomic mass is 10.1. The Hall–Kier alpha value is -3.55. The molecule has 0 radical (unpaired) electrons. The highest BCUT2D eigenvalue weighted by Crippen LogP contribution is 2.27. The SMILES string of the molecule is CCn1ncc2c(C(=O)OC(C)c3nc(C)no3)cc(-c3ccccc3)nc21. The fourth-order valence-corrected chi connectivity index (χ4v) is 2.96. The summed E-state index contributed by atoms with van der Waals surface area (Å²) in [5.41, 5.74) is 2.61. The van der Waals surface area contributed by atoms with E-state index in [1.165, 1.54) is 0 Å². The highest BCUT2D eigenvalue weighted by Gasteiger charge is 2.23. The second-order valence-electron chi connectivity index (χ2n) is 6.35. The Morgan fingerprint density at radius 2 is 2.04 bits per heavy atom. The standard InChI is InChI=1S/C20H19N5O3/c1-4-25-18-16(11-21-25)15(10-17(23-18)14-8-6-5-7-9-14)20(26)27-12(2)19-22-13(3)24-28-19/h5-12H,4H2,1-3H3. The van der Waals surface area contributed by atoms with Crippen LogP contribution in [0.5, 0.6) is 0 Å². The van der Waals surface area contributed by atoms with Crippen LogP contribution >= 0.6 is 0 Å². The molecule has 0 N–H and O–H groups in total. The van der Waals surface area contributed by atoms with E-state index >= 15 is 0 Å². The van der Waals surface area contributed by atoms with E-state index in [2.05, 4.69) is 15.2 Å². The molecule has 28 heavy (non-hydrogen) atoms. The van der Waals surface area contributed by atoms with E-state index in [-0.39, 0.29) is 5.89 Å². The van der Waals surface area contributed by atoms with Crippen LogP contribution in [0.25, 0.3) is 22.3 Å². The van der Waals surface area contributed by atoms with E-state index in [4.69, 9.17) is 14.2 Å². The second-order valence-corrected chi connectivity index (χ2v) is 6.35. The number of benzene rings is 1. The molecule has 1 aromatic carbocycles. The number of pyridine rings is 1. The molecule has 142 valence electrons. The Balaban J connectivity index is 1.76. The maximum Gasteiger partial charge on any atom is 0.339 e. The van der Waals surface area contributed by atoms with E-state index in [0.717, 1.165) is 5.56 Å². The van der Waals surface area contributed by atoms with Crippen molar-refractivity contribution in [3.05, 3.63) is 59.9 Å². The number of rotatable bonds is 5. The molecule has 1 atom stereocenters. The Morgan fingerprint density at radius 3 is 2.71 bits per heavy atom. The van der Waals surface area contributed by atoms with Gasteiger partial charge in [-0.25, -0.2) is 14.5 Å². The molecule has 3 aromatic heterocycles. The van der Waals surface area contributed by atoms with Crippen LogP contribution in [0, 0.1) is 6.92 Å². The summed E-state index contributed by atoms with van der Waals surface area (Å²) in [4.78, 5) is 21.8. The number of aromatic nitrogens is 5. The number of aryl methyl sites for hydroxylation is 2. The van der Waals surface area contributed by atoms with Crippen LogP contribution in [0.3, 0.4) is 0 Å². The number of ether oxygens (including phenoxy) is 1. The highest BCUT2D eigenvalue weighted by atomic mass is 16.6. The molecular weight excluding hydrogens is 358 g/mol. The topological polar surface area (TPSA) is 95.9 Å². The highest BCUT2D eigenvalue weighted by molar-refractivity contribution is 6.03. The number of hydrogen-bond acceptors (Lipinski definition) is 7. The van der Waals surface area contributed by atoms with Crippen LogP contribution in [0.4, 0.5) is 0 Å². The average Bonchev–Trinajstić information content (AvgIpc) is 3.33. The molecule has 8 nitrogen and oxygen atoms in total. The molecule has 0 aliphatic rings. The van der Waals surface area contributed by atoms with Crippen molar-refractivity contribution < 1.29 is 14.1 Å². The molecule has 0 amide bonds. The van der Waals surface area contributed by atoms with Crippen LogP contribution in [0.15, 0.2) is 47.1 Å². The fourth-order valence-electron chi connectivity index (χ4n) is 2.96. The Bertz CT molecular complexity index is 1130. The van der Waals surface area contributed by atoms with Crippen molar-refractivity contribution in [2.24, 2.45) is 0 Å². The predicted molar refractivity (Wildman–Crippen MR) is 102 cm³/mol. The van der Waals surface area contributed by atoms with Gasteiger partial charge in [0, 0.05) is 12.1 Å². The molecule has 0 bridgehead atoms. The van der Waals surface area contributed by atoms with E-state index in [1.807, 2.05) is 37.3 Å². The quantitative estimate of drug-likeness (QED) is 0.489. The van der Waals surface area contributed by atoms with Crippen LogP contribution in [0.1, 0.15) is 42.0 Å². The van der Waals surface area contributed by atoms with E-state index in [1.54, 1.807) is 30.8 Å². The molecule has 4 rings (SSSR count). The number of carbonyl (C=O) groups is 1. The minimum atomic E-state index is -0.668. The maximum absolute atomic E-state index is 13.0. The van der Waals surface area contributed by atoms with Gasteiger partial charge in [-0.15, -0.1) is 0 Å². The largest absolute Gasteiger partial charge is 0.449 e. The van der Waals surface area contributed by atoms with Gasteiger partial charge in [-0.3, -0.25) is 0 Å². The van der Waals surface area contributed by atoms with Gasteiger partial charge in [-0.1, -0.05) is 35.5 Å². The Labute approximate surface area is 161 Å². The third-order valence-electron chi connectivity index (χ3n) is 4.37. The van der Waals surface area contributed by atoms with Gasteiger partial charge in [0.05, 0.1) is 22.8 Å². The summed E-state index contributed by atoms with van der Waals surface area (Å²) in [5, 5.41) is 8.71. The summed E-state index contributed by atoms with van der Waals surface area (Å²) in [6.07, 6.45) is 0.969. The Morgan fingerprint density at radius 1 is 1.25 bits per heavy atom. The average molecular weight is 377 g/mol. The number of hydrogen-bond donors (Lipinski definition) is 0. The summed E-state index contributed by atoms with van der Waals surface area (Å²) in [5.74, 6) is 0.243. The van der Waals surface area contributed by atoms with Crippen molar-refractivity contribution in [3.8, 4) is 11.3 Å². The number of nitrogens with zero attached hydrogens (tertiary/aromatic N) is 5. The molecule has 0 aliphatic heterocycles. The normalized spacial score (nSPS) is 12.2. The van der Waals surface area contributed by atoms with Crippen molar-refractivity contribution in [3.63, 3.8) is 0 Å². The maximum atomic E-state index is 13.0. The summed E-state index contributed by atoms with van der Waals surface area (Å²) in [6.45, 7) is 6.01. The lowest BCUT2D eigenvalue weighted by Gasteiger charge is -2.11. The van der Waals surface area contributed by atoms with Gasteiger partial charge < -0.3 is 9.26 Å². The van der Waals surface area contributed by atoms with Gasteiger partial charge in [0.25, 0.3) is 5.89 Å². The summed E-state index contributed by atoms with van der Waals surface area (Å²) >= 11 is 0. The molecule has 4 aromatic rings. The summed E-state index contributed by atoms with van der Waals surface area (Å²) in [7, 11) is 0. The van der Waals surface area contributed by atoms with Gasteiger partial charge in [0.1, 0.15) is 0 Å². The lowest BCUT2D eigenvalue weighted by Crippen LogP contribution is -2.11. The number of fused-ring (bicyclic) bond motifs is 1. The zero-order valence-corrected chi connectivity index (χ0v) is 15.8. The zero-order valence-electron chi connectivity index (χ0n) is 15.8. The van der Waals surface area contributed by atoms with Gasteiger partial charge in [0.15, 0.2) is 17.6 Å². The molecule has 0 saturated carbocycles. The van der Waals surface area contributed by atoms with Crippen LogP contribution in [-0.4, -0.2) is 30.9 Å². The van der Waals surface area contributed by atoms with E-state index < -0.39 is 12.1 Å². The van der Waals surface area contributed by atoms with Crippen molar-refractivity contribution >= 4 is 17.0 Å². The second kappa shape index (κ2) is 7.22. The minimum Gasteiger partial charge on any atom is -0.449 e. The van der Waals surface area contributed by atoms with E-state index in [0.29, 0.717) is 34.7 Å². The first-order valence-electron chi connectivity index (χ1n) is 9.00. The van der Waals surface area contributed by atoms with Crippen LogP contribution in [0.2, 0.25) is 0 Å².